The van der Waals surface area contributed by atoms with Gasteiger partial charge >= 0.3 is 5.97 Å². The van der Waals surface area contributed by atoms with Crippen molar-refractivity contribution in [1.29, 1.82) is 0 Å². The van der Waals surface area contributed by atoms with Gasteiger partial charge in [-0.2, -0.15) is 0 Å². The van der Waals surface area contributed by atoms with E-state index < -0.39 is 0 Å². The fraction of sp³-hybridized carbons (Fsp3) is 0.400. The second kappa shape index (κ2) is 6.24. The second-order valence-corrected chi connectivity index (χ2v) is 4.53. The molecule has 0 aliphatic heterocycles. The van der Waals surface area contributed by atoms with Gasteiger partial charge in [-0.3, -0.25) is 0 Å². The molecule has 98 valence electrons. The highest BCUT2D eigenvalue weighted by Crippen LogP contribution is 2.18. The van der Waals surface area contributed by atoms with Crippen LogP contribution < -0.4 is 4.90 Å². The predicted molar refractivity (Wildman–Crippen MR) is 75.0 cm³/mol. The van der Waals surface area contributed by atoms with Gasteiger partial charge in [0.15, 0.2) is 0 Å². The van der Waals surface area contributed by atoms with Gasteiger partial charge in [0.25, 0.3) is 0 Å². The maximum Gasteiger partial charge on any atom is 0.335 e. The van der Waals surface area contributed by atoms with E-state index in [0.717, 1.165) is 5.69 Å². The van der Waals surface area contributed by atoms with E-state index in [-0.39, 0.29) is 5.97 Å². The number of hydrogen-bond acceptors (Lipinski definition) is 3. The number of nitrogens with zero attached hydrogens (tertiary/aromatic N) is 1. The smallest absolute Gasteiger partial charge is 0.335 e. The van der Waals surface area contributed by atoms with E-state index in [1.165, 1.54) is 11.1 Å². The molecule has 0 saturated heterocycles. The van der Waals surface area contributed by atoms with Gasteiger partial charge in [-0.1, -0.05) is 12.6 Å². The average molecular weight is 247 g/mol. The van der Waals surface area contributed by atoms with Crippen molar-refractivity contribution in [1.82, 2.24) is 0 Å². The first-order valence-corrected chi connectivity index (χ1v) is 6.08. The Morgan fingerprint density at radius 3 is 2.33 bits per heavy atom. The third kappa shape index (κ3) is 3.91. The molecule has 0 aliphatic carbocycles. The molecule has 0 saturated carbocycles. The molecule has 18 heavy (non-hydrogen) atoms. The Morgan fingerprint density at radius 2 is 1.83 bits per heavy atom. The van der Waals surface area contributed by atoms with Crippen LogP contribution in [0.2, 0.25) is 0 Å². The van der Waals surface area contributed by atoms with Crippen molar-refractivity contribution in [3.8, 4) is 0 Å². The number of carbonyl (C=O) groups excluding carboxylic acids is 1. The molecule has 0 heterocycles. The van der Waals surface area contributed by atoms with Gasteiger partial charge in [0.2, 0.25) is 0 Å². The van der Waals surface area contributed by atoms with Crippen molar-refractivity contribution in [2.45, 2.75) is 20.8 Å². The normalized spacial score (nSPS) is 10.0. The number of aryl methyl sites for hydroxylation is 2. The summed E-state index contributed by atoms with van der Waals surface area (Å²) in [6.45, 7) is 10.5. The summed E-state index contributed by atoms with van der Waals surface area (Å²) in [5.41, 5.74) is 3.97. The fourth-order valence-corrected chi connectivity index (χ4v) is 1.85. The van der Waals surface area contributed by atoms with E-state index in [1.54, 1.807) is 6.92 Å². The van der Waals surface area contributed by atoms with Crippen molar-refractivity contribution in [3.63, 3.8) is 0 Å². The highest BCUT2D eigenvalue weighted by atomic mass is 16.5. The van der Waals surface area contributed by atoms with Crippen molar-refractivity contribution in [2.24, 2.45) is 0 Å². The van der Waals surface area contributed by atoms with Crippen molar-refractivity contribution < 1.29 is 9.53 Å². The SMILES string of the molecule is C=C(CN(C)c1cc(C)cc(C)c1)C(=O)OCC. The lowest BCUT2D eigenvalue weighted by molar-refractivity contribution is -0.138. The molecule has 0 aromatic heterocycles. The molecule has 0 bridgehead atoms. The molecular weight excluding hydrogens is 226 g/mol. The molecule has 3 nitrogen and oxygen atoms in total. The van der Waals surface area contributed by atoms with Crippen LogP contribution >= 0.6 is 0 Å². The largest absolute Gasteiger partial charge is 0.463 e. The number of rotatable bonds is 5. The number of hydrogen-bond donors (Lipinski definition) is 0. The zero-order chi connectivity index (χ0) is 13.7. The van der Waals surface area contributed by atoms with Gasteiger partial charge in [0.05, 0.1) is 6.61 Å². The van der Waals surface area contributed by atoms with Crippen molar-refractivity contribution in [3.05, 3.63) is 41.5 Å². The standard InChI is InChI=1S/C15H21NO2/c1-6-18-15(17)13(4)10-16(5)14-8-11(2)7-12(3)9-14/h7-9H,4,6,10H2,1-3,5H3. The average Bonchev–Trinajstić information content (AvgIpc) is 2.27. The Kier molecular flexibility index (Phi) is 4.95. The molecular formula is C15H21NO2. The van der Waals surface area contributed by atoms with Gasteiger partial charge in [0, 0.05) is 24.9 Å². The molecule has 0 atom stereocenters. The minimum Gasteiger partial charge on any atom is -0.463 e. The van der Waals surface area contributed by atoms with E-state index in [4.69, 9.17) is 4.74 Å². The van der Waals surface area contributed by atoms with E-state index >= 15 is 0 Å². The van der Waals surface area contributed by atoms with Crippen LogP contribution in [0.1, 0.15) is 18.1 Å². The van der Waals surface area contributed by atoms with Crippen LogP contribution in [-0.2, 0) is 9.53 Å². The van der Waals surface area contributed by atoms with Gasteiger partial charge in [-0.05, 0) is 44.0 Å². The molecule has 0 unspecified atom stereocenters. The number of benzene rings is 1. The summed E-state index contributed by atoms with van der Waals surface area (Å²) in [6.07, 6.45) is 0. The molecule has 0 aliphatic rings. The van der Waals surface area contributed by atoms with Crippen LogP contribution in [0.4, 0.5) is 5.69 Å². The van der Waals surface area contributed by atoms with Crippen LogP contribution in [0.3, 0.4) is 0 Å². The van der Waals surface area contributed by atoms with Crippen LogP contribution in [0.25, 0.3) is 0 Å². The fourth-order valence-electron chi connectivity index (χ4n) is 1.85. The third-order valence-corrected chi connectivity index (χ3v) is 2.64. The monoisotopic (exact) mass is 247 g/mol. The molecule has 1 aromatic carbocycles. The molecule has 1 rings (SSSR count). The van der Waals surface area contributed by atoms with E-state index in [2.05, 4.69) is 38.6 Å². The topological polar surface area (TPSA) is 29.5 Å². The number of esters is 1. The minimum absolute atomic E-state index is 0.325. The van der Waals surface area contributed by atoms with Gasteiger partial charge in [0.1, 0.15) is 0 Å². The highest BCUT2D eigenvalue weighted by Gasteiger charge is 2.11. The molecule has 0 radical (unpaired) electrons. The zero-order valence-electron chi connectivity index (χ0n) is 11.6. The molecule has 0 N–H and O–H groups in total. The summed E-state index contributed by atoms with van der Waals surface area (Å²) in [5, 5.41) is 0. The molecule has 3 heteroatoms. The van der Waals surface area contributed by atoms with Gasteiger partial charge < -0.3 is 9.64 Å². The van der Waals surface area contributed by atoms with Crippen LogP contribution in [0, 0.1) is 13.8 Å². The summed E-state index contributed by atoms with van der Waals surface area (Å²) in [7, 11) is 1.94. The van der Waals surface area contributed by atoms with Gasteiger partial charge in [-0.25, -0.2) is 4.79 Å². The van der Waals surface area contributed by atoms with E-state index in [1.807, 2.05) is 11.9 Å². The molecule has 0 fully saturated rings. The quantitative estimate of drug-likeness (QED) is 0.592. The third-order valence-electron chi connectivity index (χ3n) is 2.64. The summed E-state index contributed by atoms with van der Waals surface area (Å²) < 4.78 is 4.92. The number of ether oxygens (including phenoxy) is 1. The Morgan fingerprint density at radius 1 is 1.28 bits per heavy atom. The first-order valence-electron chi connectivity index (χ1n) is 6.08. The van der Waals surface area contributed by atoms with Crippen molar-refractivity contribution in [2.75, 3.05) is 25.1 Å². The first kappa shape index (κ1) is 14.3. The lowest BCUT2D eigenvalue weighted by atomic mass is 10.1. The Labute approximate surface area is 109 Å². The Balaban J connectivity index is 2.73. The summed E-state index contributed by atoms with van der Waals surface area (Å²) >= 11 is 0. The Bertz CT molecular complexity index is 432. The number of likely N-dealkylation sites (N-methyl/N-ethyl adjacent to an activating group) is 1. The predicted octanol–water partition coefficient (Wildman–Crippen LogP) is 2.86. The van der Waals surface area contributed by atoms with E-state index in [9.17, 15) is 4.79 Å². The van der Waals surface area contributed by atoms with Crippen LogP contribution in [0.5, 0.6) is 0 Å². The van der Waals surface area contributed by atoms with E-state index in [0.29, 0.717) is 18.7 Å². The summed E-state index contributed by atoms with van der Waals surface area (Å²) in [6, 6.07) is 6.30. The summed E-state index contributed by atoms with van der Waals surface area (Å²) in [5.74, 6) is -0.325. The Hall–Kier alpha value is -1.77. The number of carbonyl (C=O) groups is 1. The highest BCUT2D eigenvalue weighted by molar-refractivity contribution is 5.88. The van der Waals surface area contributed by atoms with Gasteiger partial charge in [-0.15, -0.1) is 0 Å². The lowest BCUT2D eigenvalue weighted by Crippen LogP contribution is -2.24. The lowest BCUT2D eigenvalue weighted by Gasteiger charge is -2.21. The zero-order valence-corrected chi connectivity index (χ0v) is 11.6. The molecule has 0 amide bonds. The molecule has 0 spiro atoms. The van der Waals surface area contributed by atoms with Crippen LogP contribution in [0.15, 0.2) is 30.4 Å². The first-order chi connectivity index (χ1) is 8.43. The maximum absolute atomic E-state index is 11.5. The maximum atomic E-state index is 11.5. The summed E-state index contributed by atoms with van der Waals surface area (Å²) in [4.78, 5) is 13.5. The second-order valence-electron chi connectivity index (χ2n) is 4.53. The number of anilines is 1. The minimum atomic E-state index is -0.325. The van der Waals surface area contributed by atoms with Crippen LogP contribution in [-0.4, -0.2) is 26.2 Å². The van der Waals surface area contributed by atoms with Crippen molar-refractivity contribution >= 4 is 11.7 Å². The molecule has 1 aromatic rings.